The van der Waals surface area contributed by atoms with Gasteiger partial charge in [0.15, 0.2) is 5.65 Å². The molecule has 0 unspecified atom stereocenters. The van der Waals surface area contributed by atoms with Crippen molar-refractivity contribution in [3.63, 3.8) is 0 Å². The van der Waals surface area contributed by atoms with Crippen molar-refractivity contribution in [3.05, 3.63) is 42.2 Å². The second kappa shape index (κ2) is 8.58. The monoisotopic (exact) mass is 382 g/mol. The summed E-state index contributed by atoms with van der Waals surface area (Å²) in [5, 5.41) is 8.14. The summed E-state index contributed by atoms with van der Waals surface area (Å²) >= 11 is 0. The Labute approximate surface area is 165 Å². The highest BCUT2D eigenvalue weighted by molar-refractivity contribution is 5.82. The van der Waals surface area contributed by atoms with Gasteiger partial charge in [-0.3, -0.25) is 0 Å². The minimum absolute atomic E-state index is 0.823. The number of anilines is 1. The van der Waals surface area contributed by atoms with E-state index in [1.165, 1.54) is 0 Å². The Kier molecular flexibility index (Phi) is 5.73. The predicted molar refractivity (Wildman–Crippen MR) is 109 cm³/mol. The van der Waals surface area contributed by atoms with Crippen LogP contribution in [-0.4, -0.2) is 61.1 Å². The average Bonchev–Trinajstić information content (AvgIpc) is 3.15. The molecule has 2 aromatic heterocycles. The lowest BCUT2D eigenvalue weighted by atomic mass is 10.1. The topological polar surface area (TPSA) is 65.1 Å². The number of quaternary nitrogens is 1. The molecule has 3 heterocycles. The lowest BCUT2D eigenvalue weighted by molar-refractivity contribution is -0.908. The normalized spacial score (nSPS) is 15.1. The summed E-state index contributed by atoms with van der Waals surface area (Å²) in [6.45, 7) is 8.07. The molecule has 2 N–H and O–H groups in total. The molecule has 0 atom stereocenters. The number of hydrogen-bond acceptors (Lipinski definition) is 5. The Hall–Kier alpha value is -2.64. The number of benzene rings is 1. The van der Waals surface area contributed by atoms with Gasteiger partial charge in [-0.05, 0) is 13.0 Å². The number of aromatic nitrogens is 3. The number of para-hydroxylation sites is 1. The highest BCUT2D eigenvalue weighted by Gasteiger charge is 2.16. The quantitative estimate of drug-likeness (QED) is 0.605. The lowest BCUT2D eigenvalue weighted by Gasteiger charge is -2.23. The molecule has 1 aliphatic rings. The van der Waals surface area contributed by atoms with Crippen molar-refractivity contribution in [1.29, 1.82) is 0 Å². The van der Waals surface area contributed by atoms with Crippen LogP contribution >= 0.6 is 0 Å². The smallest absolute Gasteiger partial charge is 0.165 e. The van der Waals surface area contributed by atoms with Crippen molar-refractivity contribution < 1.29 is 14.4 Å². The van der Waals surface area contributed by atoms with Crippen LogP contribution in [-0.2, 0) is 4.74 Å². The summed E-state index contributed by atoms with van der Waals surface area (Å²) in [4.78, 5) is 6.36. The summed E-state index contributed by atoms with van der Waals surface area (Å²) in [7, 11) is 1.69. The maximum absolute atomic E-state index is 5.52. The largest absolute Gasteiger partial charge is 0.496 e. The zero-order valence-electron chi connectivity index (χ0n) is 16.6. The minimum atomic E-state index is 0.823. The zero-order valence-corrected chi connectivity index (χ0v) is 16.6. The lowest BCUT2D eigenvalue weighted by Crippen LogP contribution is -3.14. The van der Waals surface area contributed by atoms with Crippen molar-refractivity contribution in [2.75, 3.05) is 51.8 Å². The summed E-state index contributed by atoms with van der Waals surface area (Å²) in [6.07, 6.45) is 2.97. The number of nitrogens with one attached hydrogen (secondary N) is 2. The van der Waals surface area contributed by atoms with Gasteiger partial charge in [-0.25, -0.2) is 4.98 Å². The number of morpholine rings is 1. The van der Waals surface area contributed by atoms with Crippen molar-refractivity contribution >= 4 is 11.5 Å². The number of hydrogen-bond donors (Lipinski definition) is 2. The average molecular weight is 382 g/mol. The van der Waals surface area contributed by atoms with Crippen molar-refractivity contribution in [1.82, 2.24) is 14.6 Å². The number of methoxy groups -OCH3 is 1. The molecular weight excluding hydrogens is 354 g/mol. The van der Waals surface area contributed by atoms with Crippen LogP contribution in [0.1, 0.15) is 12.1 Å². The molecule has 1 aliphatic heterocycles. The summed E-state index contributed by atoms with van der Waals surface area (Å²) in [5.41, 5.74) is 3.78. The van der Waals surface area contributed by atoms with Gasteiger partial charge < -0.3 is 19.7 Å². The second-order valence-corrected chi connectivity index (χ2v) is 7.17. The van der Waals surface area contributed by atoms with Gasteiger partial charge in [-0.2, -0.15) is 9.61 Å². The summed E-state index contributed by atoms with van der Waals surface area (Å²) < 4.78 is 12.8. The molecule has 4 rings (SSSR count). The fraction of sp³-hybridized carbons (Fsp3) is 0.429. The van der Waals surface area contributed by atoms with Crippen LogP contribution in [0.15, 0.2) is 36.5 Å². The van der Waals surface area contributed by atoms with Crippen LogP contribution in [0.4, 0.5) is 5.82 Å². The molecule has 3 aromatic rings. The molecule has 7 nitrogen and oxygen atoms in total. The van der Waals surface area contributed by atoms with Crippen LogP contribution < -0.4 is 15.0 Å². The highest BCUT2D eigenvalue weighted by atomic mass is 16.5. The number of nitrogens with zero attached hydrogens (tertiary/aromatic N) is 3. The minimum Gasteiger partial charge on any atom is -0.496 e. The molecule has 0 radical (unpaired) electrons. The molecule has 148 valence electrons. The fourth-order valence-corrected chi connectivity index (χ4v) is 3.73. The number of ether oxygens (including phenoxy) is 2. The third-order valence-corrected chi connectivity index (χ3v) is 5.21. The first kappa shape index (κ1) is 18.7. The van der Waals surface area contributed by atoms with Gasteiger partial charge in [-0.15, -0.1) is 0 Å². The van der Waals surface area contributed by atoms with Crippen LogP contribution in [0, 0.1) is 6.92 Å². The molecule has 1 aromatic carbocycles. The molecule has 1 saturated heterocycles. The first-order valence-electron chi connectivity index (χ1n) is 9.90. The maximum Gasteiger partial charge on any atom is 0.165 e. The van der Waals surface area contributed by atoms with Gasteiger partial charge in [0.25, 0.3) is 0 Å². The summed E-state index contributed by atoms with van der Waals surface area (Å²) in [5.74, 6) is 1.80. The number of rotatable bonds is 7. The van der Waals surface area contributed by atoms with E-state index in [2.05, 4.69) is 10.4 Å². The van der Waals surface area contributed by atoms with Crippen LogP contribution in [0.2, 0.25) is 0 Å². The van der Waals surface area contributed by atoms with Gasteiger partial charge in [0.05, 0.1) is 38.6 Å². The Morgan fingerprint density at radius 3 is 2.86 bits per heavy atom. The van der Waals surface area contributed by atoms with E-state index >= 15 is 0 Å². The molecular formula is C21H28N5O2+. The molecule has 0 aliphatic carbocycles. The first-order chi connectivity index (χ1) is 13.8. The Morgan fingerprint density at radius 2 is 2.04 bits per heavy atom. The van der Waals surface area contributed by atoms with Crippen LogP contribution in [0.25, 0.3) is 16.8 Å². The van der Waals surface area contributed by atoms with Gasteiger partial charge in [0.2, 0.25) is 0 Å². The van der Waals surface area contributed by atoms with E-state index in [4.69, 9.17) is 14.5 Å². The van der Waals surface area contributed by atoms with Crippen molar-refractivity contribution in [3.8, 4) is 16.9 Å². The highest BCUT2D eigenvalue weighted by Crippen LogP contribution is 2.32. The Balaban J connectivity index is 1.52. The van der Waals surface area contributed by atoms with Crippen LogP contribution in [0.5, 0.6) is 5.75 Å². The molecule has 28 heavy (non-hydrogen) atoms. The maximum atomic E-state index is 5.52. The molecule has 7 heteroatoms. The van der Waals surface area contributed by atoms with E-state index in [0.29, 0.717) is 0 Å². The molecule has 0 amide bonds. The SMILES string of the molecule is COc1ccccc1-c1cnn2c(NCCC[NH+]3CCOCC3)cc(C)nc12. The van der Waals surface area contributed by atoms with Gasteiger partial charge >= 0.3 is 0 Å². The number of aryl methyl sites for hydroxylation is 1. The zero-order chi connectivity index (χ0) is 19.3. The molecule has 0 bridgehead atoms. The van der Waals surface area contributed by atoms with E-state index in [0.717, 1.165) is 79.8 Å². The summed E-state index contributed by atoms with van der Waals surface area (Å²) in [6, 6.07) is 10.0. The van der Waals surface area contributed by atoms with E-state index in [-0.39, 0.29) is 0 Å². The van der Waals surface area contributed by atoms with Crippen molar-refractivity contribution in [2.45, 2.75) is 13.3 Å². The second-order valence-electron chi connectivity index (χ2n) is 7.17. The van der Waals surface area contributed by atoms with E-state index < -0.39 is 0 Å². The molecule has 0 saturated carbocycles. The Bertz CT molecular complexity index is 934. The van der Waals surface area contributed by atoms with Gasteiger partial charge in [0, 0.05) is 30.3 Å². The standard InChI is InChI=1S/C21H27N5O2/c1-16-14-20(22-8-5-9-25-10-12-28-13-11-25)26-21(24-16)18(15-23-26)17-6-3-4-7-19(17)27-2/h3-4,6-7,14-15,22H,5,8-13H2,1-2H3/p+1. The molecule has 1 fully saturated rings. The predicted octanol–water partition coefficient (Wildman–Crippen LogP) is 1.43. The van der Waals surface area contributed by atoms with Crippen LogP contribution in [0.3, 0.4) is 0 Å². The van der Waals surface area contributed by atoms with Crippen molar-refractivity contribution in [2.24, 2.45) is 0 Å². The van der Waals surface area contributed by atoms with Gasteiger partial charge in [-0.1, -0.05) is 18.2 Å². The van der Waals surface area contributed by atoms with E-state index in [1.54, 1.807) is 12.0 Å². The number of fused-ring (bicyclic) bond motifs is 1. The third kappa shape index (κ3) is 3.95. The van der Waals surface area contributed by atoms with E-state index in [1.807, 2.05) is 48.0 Å². The first-order valence-corrected chi connectivity index (χ1v) is 9.90. The fourth-order valence-electron chi connectivity index (χ4n) is 3.73. The Morgan fingerprint density at radius 1 is 1.21 bits per heavy atom. The van der Waals surface area contributed by atoms with Gasteiger partial charge in [0.1, 0.15) is 24.7 Å². The van der Waals surface area contributed by atoms with E-state index in [9.17, 15) is 0 Å². The third-order valence-electron chi connectivity index (χ3n) is 5.21. The molecule has 0 spiro atoms.